The third-order valence-corrected chi connectivity index (χ3v) is 4.13. The van der Waals surface area contributed by atoms with E-state index in [2.05, 4.69) is 19.2 Å². The monoisotopic (exact) mass is 369 g/mol. The molecule has 0 aromatic heterocycles. The zero-order valence-electron chi connectivity index (χ0n) is 15.7. The van der Waals surface area contributed by atoms with Crippen molar-refractivity contribution in [1.82, 2.24) is 0 Å². The Hall–Kier alpha value is -3.02. The molecule has 6 heteroatoms. The lowest BCUT2D eigenvalue weighted by atomic mass is 10.0. The number of anilines is 1. The summed E-state index contributed by atoms with van der Waals surface area (Å²) in [5.41, 5.74) is 2.13. The number of amides is 1. The van der Waals surface area contributed by atoms with Crippen LogP contribution in [0.1, 0.15) is 36.7 Å². The SMILES string of the molecule is CC(C)Cc1ccc(C(=O)O[C@@H](C)C(=O)Nc2ccc3c(c2)OCO3)cc1. The Morgan fingerprint density at radius 2 is 1.74 bits per heavy atom. The highest BCUT2D eigenvalue weighted by Crippen LogP contribution is 2.34. The van der Waals surface area contributed by atoms with Gasteiger partial charge >= 0.3 is 5.97 Å². The van der Waals surface area contributed by atoms with E-state index in [0.717, 1.165) is 12.0 Å². The molecule has 1 amide bonds. The molecular weight excluding hydrogens is 346 g/mol. The highest BCUT2D eigenvalue weighted by Gasteiger charge is 2.20. The van der Waals surface area contributed by atoms with Gasteiger partial charge in [-0.05, 0) is 49.1 Å². The topological polar surface area (TPSA) is 73.9 Å². The predicted octanol–water partition coefficient (Wildman–Crippen LogP) is 3.80. The Kier molecular flexibility index (Phi) is 5.64. The molecule has 1 aliphatic heterocycles. The zero-order valence-corrected chi connectivity index (χ0v) is 15.7. The number of esters is 1. The van der Waals surface area contributed by atoms with Crippen LogP contribution in [0.3, 0.4) is 0 Å². The molecule has 142 valence electrons. The molecule has 0 radical (unpaired) electrons. The lowest BCUT2D eigenvalue weighted by Gasteiger charge is -2.14. The van der Waals surface area contributed by atoms with E-state index in [1.807, 2.05) is 12.1 Å². The van der Waals surface area contributed by atoms with Gasteiger partial charge in [0.05, 0.1) is 5.56 Å². The van der Waals surface area contributed by atoms with Gasteiger partial charge in [-0.25, -0.2) is 4.79 Å². The first-order valence-corrected chi connectivity index (χ1v) is 8.93. The minimum absolute atomic E-state index is 0.163. The van der Waals surface area contributed by atoms with Crippen molar-refractivity contribution in [3.63, 3.8) is 0 Å². The van der Waals surface area contributed by atoms with E-state index < -0.39 is 18.0 Å². The molecule has 2 aromatic carbocycles. The molecule has 2 aromatic rings. The summed E-state index contributed by atoms with van der Waals surface area (Å²) in [5, 5.41) is 2.71. The van der Waals surface area contributed by atoms with Crippen LogP contribution in [-0.4, -0.2) is 24.8 Å². The first-order chi connectivity index (χ1) is 12.9. The first kappa shape index (κ1) is 18.8. The standard InChI is InChI=1S/C21H23NO5/c1-13(2)10-15-4-6-16(7-5-15)21(24)27-14(3)20(23)22-17-8-9-18-19(11-17)26-12-25-18/h4-9,11,13-14H,10,12H2,1-3H3,(H,22,23)/t14-/m0/s1. The highest BCUT2D eigenvalue weighted by molar-refractivity contribution is 5.97. The normalized spacial score (nSPS) is 13.3. The molecule has 0 fully saturated rings. The minimum atomic E-state index is -0.932. The Morgan fingerprint density at radius 1 is 1.04 bits per heavy atom. The van der Waals surface area contributed by atoms with Crippen molar-refractivity contribution in [2.24, 2.45) is 5.92 Å². The molecule has 1 heterocycles. The summed E-state index contributed by atoms with van der Waals surface area (Å²) in [4.78, 5) is 24.6. The van der Waals surface area contributed by atoms with Crippen LogP contribution in [0, 0.1) is 5.92 Å². The van der Waals surface area contributed by atoms with Crippen molar-refractivity contribution < 1.29 is 23.8 Å². The lowest BCUT2D eigenvalue weighted by Crippen LogP contribution is -2.30. The number of nitrogens with one attached hydrogen (secondary N) is 1. The van der Waals surface area contributed by atoms with E-state index in [1.165, 1.54) is 6.92 Å². The van der Waals surface area contributed by atoms with Gasteiger partial charge in [0.2, 0.25) is 6.79 Å². The largest absolute Gasteiger partial charge is 0.454 e. The molecule has 0 bridgehead atoms. The van der Waals surface area contributed by atoms with Crippen molar-refractivity contribution in [3.8, 4) is 11.5 Å². The van der Waals surface area contributed by atoms with Crippen LogP contribution < -0.4 is 14.8 Å². The third kappa shape index (κ3) is 4.78. The molecule has 0 unspecified atom stereocenters. The summed E-state index contributed by atoms with van der Waals surface area (Å²) in [6.07, 6.45) is 0.0159. The van der Waals surface area contributed by atoms with Gasteiger partial charge in [0, 0.05) is 11.8 Å². The van der Waals surface area contributed by atoms with Crippen LogP contribution >= 0.6 is 0 Å². The fraction of sp³-hybridized carbons (Fsp3) is 0.333. The molecule has 1 atom stereocenters. The molecule has 0 saturated heterocycles. The predicted molar refractivity (Wildman–Crippen MR) is 101 cm³/mol. The summed E-state index contributed by atoms with van der Waals surface area (Å²) in [6, 6.07) is 12.4. The van der Waals surface area contributed by atoms with Crippen molar-refractivity contribution >= 4 is 17.6 Å². The quantitative estimate of drug-likeness (QED) is 0.784. The van der Waals surface area contributed by atoms with Crippen molar-refractivity contribution in [3.05, 3.63) is 53.6 Å². The maximum absolute atomic E-state index is 12.3. The highest BCUT2D eigenvalue weighted by atomic mass is 16.7. The molecule has 1 N–H and O–H groups in total. The number of carbonyl (C=O) groups excluding carboxylic acids is 2. The Balaban J connectivity index is 1.56. The number of carbonyl (C=O) groups is 2. The number of benzene rings is 2. The van der Waals surface area contributed by atoms with Crippen LogP contribution in [-0.2, 0) is 16.0 Å². The van der Waals surface area contributed by atoms with Crippen molar-refractivity contribution in [2.45, 2.75) is 33.3 Å². The van der Waals surface area contributed by atoms with Gasteiger partial charge in [-0.1, -0.05) is 26.0 Å². The van der Waals surface area contributed by atoms with Crippen molar-refractivity contribution in [2.75, 3.05) is 12.1 Å². The molecule has 0 saturated carbocycles. The van der Waals surface area contributed by atoms with E-state index in [-0.39, 0.29) is 6.79 Å². The van der Waals surface area contributed by atoms with Gasteiger partial charge in [0.1, 0.15) is 0 Å². The second-order valence-corrected chi connectivity index (χ2v) is 6.90. The maximum atomic E-state index is 12.3. The van der Waals surface area contributed by atoms with Gasteiger partial charge in [0.25, 0.3) is 5.91 Å². The molecule has 0 aliphatic carbocycles. The Morgan fingerprint density at radius 3 is 2.44 bits per heavy atom. The van der Waals surface area contributed by atoms with Crippen LogP contribution in [0.2, 0.25) is 0 Å². The Labute approximate surface area is 158 Å². The number of ether oxygens (including phenoxy) is 3. The zero-order chi connectivity index (χ0) is 19.4. The van der Waals surface area contributed by atoms with Crippen LogP contribution in [0.15, 0.2) is 42.5 Å². The fourth-order valence-corrected chi connectivity index (χ4v) is 2.75. The van der Waals surface area contributed by atoms with Crippen molar-refractivity contribution in [1.29, 1.82) is 0 Å². The van der Waals surface area contributed by atoms with Gasteiger partial charge in [-0.2, -0.15) is 0 Å². The second-order valence-electron chi connectivity index (χ2n) is 6.90. The molecular formula is C21H23NO5. The van der Waals surface area contributed by atoms with E-state index in [0.29, 0.717) is 28.7 Å². The molecule has 1 aliphatic rings. The number of rotatable bonds is 6. The number of fused-ring (bicyclic) bond motifs is 1. The number of hydrogen-bond donors (Lipinski definition) is 1. The lowest BCUT2D eigenvalue weighted by molar-refractivity contribution is -0.123. The summed E-state index contributed by atoms with van der Waals surface area (Å²) in [6.45, 7) is 5.98. The van der Waals surface area contributed by atoms with E-state index in [4.69, 9.17) is 14.2 Å². The van der Waals surface area contributed by atoms with Gasteiger partial charge in [0.15, 0.2) is 17.6 Å². The fourth-order valence-electron chi connectivity index (χ4n) is 2.75. The Bertz CT molecular complexity index is 829. The summed E-state index contributed by atoms with van der Waals surface area (Å²) < 4.78 is 15.8. The van der Waals surface area contributed by atoms with E-state index >= 15 is 0 Å². The first-order valence-electron chi connectivity index (χ1n) is 8.93. The molecule has 3 rings (SSSR count). The van der Waals surface area contributed by atoms with Crippen LogP contribution in [0.25, 0.3) is 0 Å². The van der Waals surface area contributed by atoms with Gasteiger partial charge in [-0.3, -0.25) is 4.79 Å². The molecule has 6 nitrogen and oxygen atoms in total. The number of hydrogen-bond acceptors (Lipinski definition) is 5. The smallest absolute Gasteiger partial charge is 0.338 e. The average Bonchev–Trinajstić information content (AvgIpc) is 3.09. The van der Waals surface area contributed by atoms with E-state index in [9.17, 15) is 9.59 Å². The third-order valence-electron chi connectivity index (χ3n) is 4.13. The van der Waals surface area contributed by atoms with Crippen LogP contribution in [0.4, 0.5) is 5.69 Å². The molecule has 0 spiro atoms. The van der Waals surface area contributed by atoms with Crippen LogP contribution in [0.5, 0.6) is 11.5 Å². The van der Waals surface area contributed by atoms with Gasteiger partial charge in [-0.15, -0.1) is 0 Å². The van der Waals surface area contributed by atoms with E-state index in [1.54, 1.807) is 30.3 Å². The molecule has 27 heavy (non-hydrogen) atoms. The summed E-state index contributed by atoms with van der Waals surface area (Å²) >= 11 is 0. The summed E-state index contributed by atoms with van der Waals surface area (Å²) in [5.74, 6) is 0.799. The minimum Gasteiger partial charge on any atom is -0.454 e. The maximum Gasteiger partial charge on any atom is 0.338 e. The van der Waals surface area contributed by atoms with Gasteiger partial charge < -0.3 is 19.5 Å². The average molecular weight is 369 g/mol. The second kappa shape index (κ2) is 8.12. The summed E-state index contributed by atoms with van der Waals surface area (Å²) in [7, 11) is 0.